The van der Waals surface area contributed by atoms with Crippen LogP contribution in [0.3, 0.4) is 0 Å². The molecule has 0 aliphatic heterocycles. The number of nitrogens with zero attached hydrogens (tertiary/aromatic N) is 2. The lowest BCUT2D eigenvalue weighted by Gasteiger charge is -2.07. The Balaban J connectivity index is 1.87. The van der Waals surface area contributed by atoms with Gasteiger partial charge in [-0.1, -0.05) is 19.0 Å². The summed E-state index contributed by atoms with van der Waals surface area (Å²) in [5.41, 5.74) is 0. The highest BCUT2D eigenvalue weighted by Gasteiger charge is 2.31. The molecule has 0 saturated heterocycles. The minimum absolute atomic E-state index is 0.0614. The number of aromatic nitrogens is 2. The average Bonchev–Trinajstić information content (AvgIpc) is 2.86. The van der Waals surface area contributed by atoms with Crippen LogP contribution in [-0.4, -0.2) is 27.1 Å². The maximum absolute atomic E-state index is 9.77. The molecule has 1 fully saturated rings. The van der Waals surface area contributed by atoms with Gasteiger partial charge in [0.2, 0.25) is 5.89 Å². The molecule has 4 nitrogen and oxygen atoms in total. The molecule has 1 saturated carbocycles. The van der Waals surface area contributed by atoms with E-state index in [1.807, 2.05) is 11.8 Å². The van der Waals surface area contributed by atoms with Crippen molar-refractivity contribution in [3.05, 3.63) is 11.7 Å². The van der Waals surface area contributed by atoms with Crippen molar-refractivity contribution in [3.63, 3.8) is 0 Å². The monoisotopic (exact) mass is 256 g/mol. The van der Waals surface area contributed by atoms with E-state index in [0.29, 0.717) is 11.8 Å². The minimum Gasteiger partial charge on any atom is -0.392 e. The van der Waals surface area contributed by atoms with E-state index in [9.17, 15) is 5.11 Å². The van der Waals surface area contributed by atoms with Crippen LogP contribution in [0.2, 0.25) is 0 Å². The van der Waals surface area contributed by atoms with Gasteiger partial charge in [0.15, 0.2) is 5.82 Å². The Morgan fingerprint density at radius 1 is 1.47 bits per heavy atom. The van der Waals surface area contributed by atoms with Crippen LogP contribution >= 0.6 is 11.8 Å². The molecule has 0 amide bonds. The minimum atomic E-state index is -0.299. The van der Waals surface area contributed by atoms with Crippen molar-refractivity contribution >= 4 is 11.8 Å². The normalized spacial score (nSPS) is 24.7. The number of hydrogen-bond donors (Lipinski definition) is 1. The van der Waals surface area contributed by atoms with Crippen LogP contribution in [0.4, 0.5) is 0 Å². The van der Waals surface area contributed by atoms with Gasteiger partial charge in [0.1, 0.15) is 0 Å². The first-order valence-electron chi connectivity index (χ1n) is 6.25. The predicted molar refractivity (Wildman–Crippen MR) is 67.9 cm³/mol. The SMILES string of the molecule is CC(C)CSCc1noc(C2CCCC2O)n1. The predicted octanol–water partition coefficient (Wildman–Crippen LogP) is 2.59. The summed E-state index contributed by atoms with van der Waals surface area (Å²) in [7, 11) is 0. The molecular weight excluding hydrogens is 236 g/mol. The number of aliphatic hydroxyl groups is 1. The van der Waals surface area contributed by atoms with Gasteiger partial charge in [-0.2, -0.15) is 16.7 Å². The summed E-state index contributed by atoms with van der Waals surface area (Å²) in [4.78, 5) is 4.38. The van der Waals surface area contributed by atoms with Crippen LogP contribution in [0.25, 0.3) is 0 Å². The van der Waals surface area contributed by atoms with Crippen molar-refractivity contribution in [2.45, 2.75) is 50.9 Å². The van der Waals surface area contributed by atoms with Crippen LogP contribution in [-0.2, 0) is 5.75 Å². The fraction of sp³-hybridized carbons (Fsp3) is 0.833. The highest BCUT2D eigenvalue weighted by Crippen LogP contribution is 2.33. The van der Waals surface area contributed by atoms with Crippen molar-refractivity contribution < 1.29 is 9.63 Å². The molecule has 0 aromatic carbocycles. The molecule has 2 unspecified atom stereocenters. The average molecular weight is 256 g/mol. The zero-order valence-electron chi connectivity index (χ0n) is 10.4. The standard InChI is InChI=1S/C12H20N2O2S/c1-8(2)6-17-7-11-13-12(16-14-11)9-4-3-5-10(9)15/h8-10,15H,3-7H2,1-2H3. The van der Waals surface area contributed by atoms with Gasteiger partial charge in [-0.25, -0.2) is 0 Å². The van der Waals surface area contributed by atoms with E-state index in [0.717, 1.165) is 36.6 Å². The van der Waals surface area contributed by atoms with Crippen LogP contribution in [0, 0.1) is 5.92 Å². The van der Waals surface area contributed by atoms with E-state index in [1.165, 1.54) is 0 Å². The summed E-state index contributed by atoms with van der Waals surface area (Å²) in [6.07, 6.45) is 2.56. The number of thioether (sulfide) groups is 1. The summed E-state index contributed by atoms with van der Waals surface area (Å²) < 4.78 is 5.24. The van der Waals surface area contributed by atoms with Crippen LogP contribution in [0.5, 0.6) is 0 Å². The second-order valence-corrected chi connectivity index (χ2v) is 6.09. The van der Waals surface area contributed by atoms with Crippen molar-refractivity contribution in [1.82, 2.24) is 10.1 Å². The summed E-state index contributed by atoms with van der Waals surface area (Å²) >= 11 is 1.82. The third-order valence-electron chi connectivity index (χ3n) is 2.96. The summed E-state index contributed by atoms with van der Waals surface area (Å²) in [5, 5.41) is 13.7. The lowest BCUT2D eigenvalue weighted by atomic mass is 10.1. The smallest absolute Gasteiger partial charge is 0.232 e. The first-order chi connectivity index (χ1) is 8.16. The fourth-order valence-corrected chi connectivity index (χ4v) is 2.98. The first kappa shape index (κ1) is 12.9. The van der Waals surface area contributed by atoms with E-state index in [1.54, 1.807) is 0 Å². The molecule has 0 spiro atoms. The Morgan fingerprint density at radius 3 is 2.94 bits per heavy atom. The maximum atomic E-state index is 9.77. The molecule has 17 heavy (non-hydrogen) atoms. The van der Waals surface area contributed by atoms with Crippen molar-refractivity contribution in [2.75, 3.05) is 5.75 Å². The van der Waals surface area contributed by atoms with Crippen molar-refractivity contribution in [2.24, 2.45) is 5.92 Å². The summed E-state index contributed by atoms with van der Waals surface area (Å²) in [6.45, 7) is 4.40. The largest absolute Gasteiger partial charge is 0.392 e. The van der Waals surface area contributed by atoms with Gasteiger partial charge in [0, 0.05) is 0 Å². The number of hydrogen-bond acceptors (Lipinski definition) is 5. The quantitative estimate of drug-likeness (QED) is 0.877. The first-order valence-corrected chi connectivity index (χ1v) is 7.40. The van der Waals surface area contributed by atoms with Crippen LogP contribution in [0.15, 0.2) is 4.52 Å². The Kier molecular flexibility index (Phi) is 4.45. The fourth-order valence-electron chi connectivity index (χ4n) is 2.09. The molecule has 1 aliphatic rings. The summed E-state index contributed by atoms with van der Waals surface area (Å²) in [6, 6.07) is 0. The third kappa shape index (κ3) is 3.45. The van der Waals surface area contributed by atoms with Gasteiger partial charge in [0.05, 0.1) is 17.8 Å². The Bertz CT molecular complexity index is 354. The van der Waals surface area contributed by atoms with Gasteiger partial charge in [0.25, 0.3) is 0 Å². The van der Waals surface area contributed by atoms with Gasteiger partial charge >= 0.3 is 0 Å². The molecule has 5 heteroatoms. The molecule has 2 rings (SSSR count). The van der Waals surface area contributed by atoms with Crippen molar-refractivity contribution in [3.8, 4) is 0 Å². The van der Waals surface area contributed by atoms with Crippen LogP contribution in [0.1, 0.15) is 50.7 Å². The van der Waals surface area contributed by atoms with Gasteiger partial charge < -0.3 is 9.63 Å². The highest BCUT2D eigenvalue weighted by molar-refractivity contribution is 7.98. The molecule has 1 aliphatic carbocycles. The second kappa shape index (κ2) is 5.87. The maximum Gasteiger partial charge on any atom is 0.232 e. The Morgan fingerprint density at radius 2 is 2.29 bits per heavy atom. The second-order valence-electron chi connectivity index (χ2n) is 5.06. The molecule has 1 aromatic heterocycles. The molecular formula is C12H20N2O2S. The number of rotatable bonds is 5. The molecule has 1 aromatic rings. The number of aliphatic hydroxyl groups excluding tert-OH is 1. The third-order valence-corrected chi connectivity index (χ3v) is 4.33. The summed E-state index contributed by atoms with van der Waals surface area (Å²) in [5.74, 6) is 4.02. The lowest BCUT2D eigenvalue weighted by molar-refractivity contribution is 0.148. The Hall–Kier alpha value is -0.550. The van der Waals surface area contributed by atoms with E-state index in [2.05, 4.69) is 24.0 Å². The molecule has 2 atom stereocenters. The van der Waals surface area contributed by atoms with E-state index < -0.39 is 0 Å². The van der Waals surface area contributed by atoms with Crippen LogP contribution < -0.4 is 0 Å². The van der Waals surface area contributed by atoms with Gasteiger partial charge in [-0.05, 0) is 30.9 Å². The van der Waals surface area contributed by atoms with Gasteiger partial charge in [-0.3, -0.25) is 0 Å². The van der Waals surface area contributed by atoms with Gasteiger partial charge in [-0.15, -0.1) is 0 Å². The molecule has 96 valence electrons. The van der Waals surface area contributed by atoms with E-state index >= 15 is 0 Å². The molecule has 0 bridgehead atoms. The van der Waals surface area contributed by atoms with E-state index in [-0.39, 0.29) is 12.0 Å². The lowest BCUT2D eigenvalue weighted by Crippen LogP contribution is -2.11. The molecule has 1 heterocycles. The zero-order valence-corrected chi connectivity index (χ0v) is 11.2. The topological polar surface area (TPSA) is 59.2 Å². The molecule has 0 radical (unpaired) electrons. The molecule has 1 N–H and O–H groups in total. The van der Waals surface area contributed by atoms with Crippen molar-refractivity contribution in [1.29, 1.82) is 0 Å². The van der Waals surface area contributed by atoms with E-state index in [4.69, 9.17) is 4.52 Å². The highest BCUT2D eigenvalue weighted by atomic mass is 32.2. The Labute approximate surface area is 106 Å². The zero-order chi connectivity index (χ0) is 12.3.